The molecule has 2 N–H and O–H groups in total. The first kappa shape index (κ1) is 19.8. The molecule has 1 amide bonds. The number of furan rings is 1. The first-order valence-electron chi connectivity index (χ1n) is 9.65. The van der Waals surface area contributed by atoms with Crippen LogP contribution in [0.4, 0.5) is 0 Å². The second-order valence-corrected chi connectivity index (χ2v) is 8.47. The fraction of sp³-hybridized carbons (Fsp3) is 0.450. The number of amides is 1. The fourth-order valence-electron chi connectivity index (χ4n) is 3.91. The van der Waals surface area contributed by atoms with E-state index < -0.39 is 17.7 Å². The van der Waals surface area contributed by atoms with E-state index in [1.807, 2.05) is 6.92 Å². The number of hydrogen-bond acceptors (Lipinski definition) is 7. The van der Waals surface area contributed by atoms with Gasteiger partial charge in [-0.2, -0.15) is 0 Å². The summed E-state index contributed by atoms with van der Waals surface area (Å²) in [4.78, 5) is 33.8. The molecule has 0 bridgehead atoms. The SMILES string of the molecule is Cc1nc(C)c(C(=O)C2=C(O)C(=O)N(CC[NH+]3CCOCC3)C2c2ccco2)s1. The summed E-state index contributed by atoms with van der Waals surface area (Å²) in [6.45, 7) is 7.83. The van der Waals surface area contributed by atoms with E-state index in [0.717, 1.165) is 18.1 Å². The van der Waals surface area contributed by atoms with Crippen molar-refractivity contribution in [1.29, 1.82) is 0 Å². The number of aryl methyl sites for hydroxylation is 2. The number of aliphatic hydroxyl groups is 1. The molecule has 0 aromatic carbocycles. The molecule has 154 valence electrons. The smallest absolute Gasteiger partial charge is 0.290 e. The molecule has 4 heterocycles. The lowest BCUT2D eigenvalue weighted by Crippen LogP contribution is -3.14. The fourth-order valence-corrected chi connectivity index (χ4v) is 4.79. The van der Waals surface area contributed by atoms with E-state index in [9.17, 15) is 14.7 Å². The van der Waals surface area contributed by atoms with Crippen molar-refractivity contribution in [2.24, 2.45) is 0 Å². The Morgan fingerprint density at radius 1 is 1.38 bits per heavy atom. The molecule has 1 atom stereocenters. The number of nitrogens with zero attached hydrogens (tertiary/aromatic N) is 2. The number of quaternary nitrogens is 1. The molecule has 2 aliphatic rings. The van der Waals surface area contributed by atoms with Gasteiger partial charge in [0, 0.05) is 0 Å². The highest BCUT2D eigenvalue weighted by atomic mass is 32.1. The predicted octanol–water partition coefficient (Wildman–Crippen LogP) is 0.846. The number of ether oxygens (including phenoxy) is 1. The number of aliphatic hydroxyl groups excluding tert-OH is 1. The number of morpholine rings is 1. The summed E-state index contributed by atoms with van der Waals surface area (Å²) < 4.78 is 10.9. The van der Waals surface area contributed by atoms with Gasteiger partial charge in [-0.05, 0) is 26.0 Å². The summed E-state index contributed by atoms with van der Waals surface area (Å²) in [6, 6.07) is 2.70. The second kappa shape index (κ2) is 8.10. The van der Waals surface area contributed by atoms with Crippen molar-refractivity contribution in [3.05, 3.63) is 51.1 Å². The summed E-state index contributed by atoms with van der Waals surface area (Å²) in [7, 11) is 0. The van der Waals surface area contributed by atoms with Crippen molar-refractivity contribution in [1.82, 2.24) is 9.88 Å². The first-order valence-corrected chi connectivity index (χ1v) is 10.5. The van der Waals surface area contributed by atoms with Crippen LogP contribution >= 0.6 is 11.3 Å². The van der Waals surface area contributed by atoms with E-state index in [1.165, 1.54) is 27.4 Å². The minimum absolute atomic E-state index is 0.0636. The Morgan fingerprint density at radius 2 is 2.14 bits per heavy atom. The lowest BCUT2D eigenvalue weighted by atomic mass is 9.99. The van der Waals surface area contributed by atoms with Gasteiger partial charge in [-0.1, -0.05) is 0 Å². The van der Waals surface area contributed by atoms with E-state index >= 15 is 0 Å². The van der Waals surface area contributed by atoms with Gasteiger partial charge in [0.15, 0.2) is 5.76 Å². The van der Waals surface area contributed by atoms with Gasteiger partial charge >= 0.3 is 0 Å². The quantitative estimate of drug-likeness (QED) is 0.675. The van der Waals surface area contributed by atoms with Gasteiger partial charge in [0.25, 0.3) is 5.91 Å². The van der Waals surface area contributed by atoms with Gasteiger partial charge in [-0.3, -0.25) is 9.59 Å². The summed E-state index contributed by atoms with van der Waals surface area (Å²) >= 11 is 1.26. The Labute approximate surface area is 172 Å². The molecule has 8 nitrogen and oxygen atoms in total. The Hall–Kier alpha value is -2.49. The number of Topliss-reactive ketones (excluding diaryl/α,β-unsaturated/α-hetero) is 1. The summed E-state index contributed by atoms with van der Waals surface area (Å²) in [5.41, 5.74) is 0.660. The third-order valence-electron chi connectivity index (χ3n) is 5.38. The molecule has 0 radical (unpaired) electrons. The average Bonchev–Trinajstić information content (AvgIpc) is 3.41. The van der Waals surface area contributed by atoms with Crippen LogP contribution in [0.5, 0.6) is 0 Å². The largest absolute Gasteiger partial charge is 0.503 e. The van der Waals surface area contributed by atoms with Crippen molar-refractivity contribution in [2.75, 3.05) is 39.4 Å². The lowest BCUT2D eigenvalue weighted by molar-refractivity contribution is -0.907. The highest BCUT2D eigenvalue weighted by Crippen LogP contribution is 2.39. The molecule has 2 aliphatic heterocycles. The summed E-state index contributed by atoms with van der Waals surface area (Å²) in [5.74, 6) is -0.955. The van der Waals surface area contributed by atoms with Gasteiger partial charge in [0.05, 0.1) is 53.7 Å². The molecule has 1 fully saturated rings. The van der Waals surface area contributed by atoms with Crippen LogP contribution < -0.4 is 4.90 Å². The van der Waals surface area contributed by atoms with Crippen molar-refractivity contribution in [3.8, 4) is 0 Å². The third-order valence-corrected chi connectivity index (χ3v) is 6.45. The zero-order chi connectivity index (χ0) is 20.5. The standard InChI is InChI=1S/C20H23N3O5S/c1-12-19(29-13(2)21-12)17(24)15-16(14-4-3-9-28-14)23(20(26)18(15)25)6-5-22-7-10-27-11-8-22/h3-4,9,16,25H,5-8,10-11H2,1-2H3/p+1. The van der Waals surface area contributed by atoms with Crippen molar-refractivity contribution < 1.29 is 28.7 Å². The molecule has 1 saturated heterocycles. The minimum atomic E-state index is -0.743. The van der Waals surface area contributed by atoms with Crippen LogP contribution in [0.2, 0.25) is 0 Å². The van der Waals surface area contributed by atoms with E-state index in [4.69, 9.17) is 9.15 Å². The minimum Gasteiger partial charge on any atom is -0.503 e. The van der Waals surface area contributed by atoms with Gasteiger partial charge in [-0.25, -0.2) is 4.98 Å². The molecule has 0 saturated carbocycles. The maximum absolute atomic E-state index is 13.3. The van der Waals surface area contributed by atoms with Crippen molar-refractivity contribution in [3.63, 3.8) is 0 Å². The Kier molecular flexibility index (Phi) is 5.53. The molecule has 29 heavy (non-hydrogen) atoms. The zero-order valence-electron chi connectivity index (χ0n) is 16.4. The zero-order valence-corrected chi connectivity index (χ0v) is 17.3. The molecule has 2 aromatic heterocycles. The molecule has 9 heteroatoms. The van der Waals surface area contributed by atoms with Crippen LogP contribution in [0, 0.1) is 13.8 Å². The van der Waals surface area contributed by atoms with E-state index in [1.54, 1.807) is 19.1 Å². The van der Waals surface area contributed by atoms with Gasteiger partial charge in [0.2, 0.25) is 5.78 Å². The molecule has 4 rings (SSSR count). The topological polar surface area (TPSA) is 97.3 Å². The number of thiazole rings is 1. The Morgan fingerprint density at radius 3 is 2.76 bits per heavy atom. The molecular weight excluding hydrogens is 394 g/mol. The van der Waals surface area contributed by atoms with E-state index in [0.29, 0.717) is 42.6 Å². The van der Waals surface area contributed by atoms with Crippen LogP contribution in [-0.4, -0.2) is 66.1 Å². The molecule has 0 spiro atoms. The second-order valence-electron chi connectivity index (χ2n) is 7.27. The summed E-state index contributed by atoms with van der Waals surface area (Å²) in [5, 5.41) is 11.4. The number of carbonyl (C=O) groups excluding carboxylic acids is 2. The number of nitrogens with one attached hydrogen (secondary N) is 1. The van der Waals surface area contributed by atoms with Crippen LogP contribution in [0.1, 0.15) is 32.2 Å². The van der Waals surface area contributed by atoms with Crippen LogP contribution in [0.15, 0.2) is 34.1 Å². The third kappa shape index (κ3) is 3.73. The highest BCUT2D eigenvalue weighted by molar-refractivity contribution is 7.14. The molecular formula is C20H24N3O5S+. The molecule has 2 aromatic rings. The number of hydrogen-bond donors (Lipinski definition) is 2. The maximum Gasteiger partial charge on any atom is 0.290 e. The van der Waals surface area contributed by atoms with E-state index in [2.05, 4.69) is 4.98 Å². The molecule has 0 aliphatic carbocycles. The lowest BCUT2D eigenvalue weighted by Gasteiger charge is -2.28. The number of rotatable bonds is 6. The van der Waals surface area contributed by atoms with E-state index in [-0.39, 0.29) is 11.4 Å². The van der Waals surface area contributed by atoms with Gasteiger partial charge < -0.3 is 24.1 Å². The monoisotopic (exact) mass is 418 g/mol. The maximum atomic E-state index is 13.3. The Bertz CT molecular complexity index is 943. The number of carbonyl (C=O) groups is 2. The summed E-state index contributed by atoms with van der Waals surface area (Å²) in [6.07, 6.45) is 1.50. The predicted molar refractivity (Wildman–Crippen MR) is 105 cm³/mol. The number of aromatic nitrogens is 1. The van der Waals surface area contributed by atoms with Crippen molar-refractivity contribution >= 4 is 23.0 Å². The first-order chi connectivity index (χ1) is 14.0. The van der Waals surface area contributed by atoms with Crippen molar-refractivity contribution in [2.45, 2.75) is 19.9 Å². The van der Waals surface area contributed by atoms with Gasteiger partial charge in [0.1, 0.15) is 24.9 Å². The highest BCUT2D eigenvalue weighted by Gasteiger charge is 2.46. The normalized spacial score (nSPS) is 20.7. The van der Waals surface area contributed by atoms with Crippen LogP contribution in [-0.2, 0) is 9.53 Å². The van der Waals surface area contributed by atoms with Gasteiger partial charge in [-0.15, -0.1) is 11.3 Å². The average molecular weight is 418 g/mol. The molecule has 1 unspecified atom stereocenters. The van der Waals surface area contributed by atoms with Crippen LogP contribution in [0.3, 0.4) is 0 Å². The van der Waals surface area contributed by atoms with Crippen LogP contribution in [0.25, 0.3) is 0 Å². The number of ketones is 1. The Balaban J connectivity index is 1.65.